The van der Waals surface area contributed by atoms with Gasteiger partial charge in [-0.1, -0.05) is 13.0 Å². The third-order valence-electron chi connectivity index (χ3n) is 3.05. The van der Waals surface area contributed by atoms with Crippen LogP contribution in [-0.4, -0.2) is 20.9 Å². The molecule has 0 atom stereocenters. The Kier molecular flexibility index (Phi) is 4.57. The minimum absolute atomic E-state index is 0.786. The van der Waals surface area contributed by atoms with Crippen molar-refractivity contribution in [1.29, 1.82) is 0 Å². The van der Waals surface area contributed by atoms with Crippen LogP contribution >= 0.6 is 27.7 Å². The summed E-state index contributed by atoms with van der Waals surface area (Å²) in [4.78, 5) is 9.14. The molecule has 0 spiro atoms. The molecule has 3 aromatic heterocycles. The summed E-state index contributed by atoms with van der Waals surface area (Å²) in [5, 5.41) is 5.29. The summed E-state index contributed by atoms with van der Waals surface area (Å²) in [5.41, 5.74) is 2.12. The van der Waals surface area contributed by atoms with E-state index in [4.69, 9.17) is 4.98 Å². The highest BCUT2D eigenvalue weighted by molar-refractivity contribution is 9.10. The fraction of sp³-hybridized carbons (Fsp3) is 0.200. The Morgan fingerprint density at radius 3 is 2.95 bits per heavy atom. The largest absolute Gasteiger partial charge is 0.311 e. The van der Waals surface area contributed by atoms with E-state index in [1.807, 2.05) is 36.5 Å². The standard InChI is InChI=1S/C15H15BrN4S/c1-2-17-10-12-15(19-13-7-3-4-9-20(12)13)21-14-11(16)6-5-8-18-14/h3-9,17H,2,10H2,1H3. The van der Waals surface area contributed by atoms with E-state index >= 15 is 0 Å². The molecule has 0 aliphatic carbocycles. The van der Waals surface area contributed by atoms with Gasteiger partial charge in [0.05, 0.1) is 10.2 Å². The van der Waals surface area contributed by atoms with Crippen LogP contribution in [0.5, 0.6) is 0 Å². The lowest BCUT2D eigenvalue weighted by Crippen LogP contribution is -2.14. The molecule has 4 nitrogen and oxygen atoms in total. The van der Waals surface area contributed by atoms with Gasteiger partial charge in [0.2, 0.25) is 0 Å². The number of rotatable bonds is 5. The molecule has 21 heavy (non-hydrogen) atoms. The van der Waals surface area contributed by atoms with Gasteiger partial charge in [0.1, 0.15) is 15.7 Å². The predicted molar refractivity (Wildman–Crippen MR) is 88.6 cm³/mol. The van der Waals surface area contributed by atoms with E-state index in [2.05, 4.69) is 37.6 Å². The van der Waals surface area contributed by atoms with Crippen molar-refractivity contribution in [3.05, 3.63) is 52.9 Å². The van der Waals surface area contributed by atoms with E-state index in [-0.39, 0.29) is 0 Å². The second-order valence-electron chi connectivity index (χ2n) is 4.47. The third kappa shape index (κ3) is 3.12. The van der Waals surface area contributed by atoms with Crippen molar-refractivity contribution in [3.63, 3.8) is 0 Å². The maximum atomic E-state index is 4.73. The van der Waals surface area contributed by atoms with Crippen LogP contribution < -0.4 is 5.32 Å². The van der Waals surface area contributed by atoms with E-state index in [0.29, 0.717) is 0 Å². The Labute approximate surface area is 136 Å². The molecular weight excluding hydrogens is 348 g/mol. The van der Waals surface area contributed by atoms with Crippen LogP contribution in [-0.2, 0) is 6.54 Å². The summed E-state index contributed by atoms with van der Waals surface area (Å²) < 4.78 is 3.11. The van der Waals surface area contributed by atoms with Gasteiger partial charge >= 0.3 is 0 Å². The molecule has 0 fully saturated rings. The SMILES string of the molecule is CCNCc1c(Sc2ncccc2Br)nc2ccccn12. The lowest BCUT2D eigenvalue weighted by molar-refractivity contribution is 0.694. The number of fused-ring (bicyclic) bond motifs is 1. The van der Waals surface area contributed by atoms with Crippen LogP contribution in [0, 0.1) is 0 Å². The minimum atomic E-state index is 0.786. The first-order valence-corrected chi connectivity index (χ1v) is 8.35. The molecular formula is C15H15BrN4S. The number of nitrogens with zero attached hydrogens (tertiary/aromatic N) is 3. The Balaban J connectivity index is 2.02. The van der Waals surface area contributed by atoms with Gasteiger partial charge < -0.3 is 9.72 Å². The molecule has 6 heteroatoms. The van der Waals surface area contributed by atoms with Crippen molar-refractivity contribution in [2.45, 2.75) is 23.5 Å². The molecule has 3 heterocycles. The second-order valence-corrected chi connectivity index (χ2v) is 6.30. The van der Waals surface area contributed by atoms with Crippen molar-refractivity contribution < 1.29 is 0 Å². The zero-order valence-corrected chi connectivity index (χ0v) is 14.0. The fourth-order valence-corrected chi connectivity index (χ4v) is 3.44. The first-order chi connectivity index (χ1) is 10.3. The molecule has 0 saturated carbocycles. The van der Waals surface area contributed by atoms with Crippen LogP contribution in [0.15, 0.2) is 57.3 Å². The van der Waals surface area contributed by atoms with Gasteiger partial charge in [-0.25, -0.2) is 9.97 Å². The summed E-state index contributed by atoms with van der Waals surface area (Å²) in [6, 6.07) is 9.96. The molecule has 1 N–H and O–H groups in total. The Morgan fingerprint density at radius 2 is 2.14 bits per heavy atom. The molecule has 0 unspecified atom stereocenters. The molecule has 0 aliphatic rings. The number of imidazole rings is 1. The molecule has 0 amide bonds. The Hall–Kier alpha value is -1.37. The Bertz CT molecular complexity index is 756. The van der Waals surface area contributed by atoms with E-state index in [9.17, 15) is 0 Å². The topological polar surface area (TPSA) is 42.2 Å². The predicted octanol–water partition coefficient (Wildman–Crippen LogP) is 3.75. The highest BCUT2D eigenvalue weighted by Gasteiger charge is 2.14. The third-order valence-corrected chi connectivity index (χ3v) is 4.99. The van der Waals surface area contributed by atoms with Gasteiger partial charge in [-0.15, -0.1) is 0 Å². The first-order valence-electron chi connectivity index (χ1n) is 6.74. The molecule has 0 radical (unpaired) electrons. The van der Waals surface area contributed by atoms with Gasteiger partial charge in [-0.2, -0.15) is 0 Å². The molecule has 0 aliphatic heterocycles. The summed E-state index contributed by atoms with van der Waals surface area (Å²) in [7, 11) is 0. The fourth-order valence-electron chi connectivity index (χ4n) is 2.05. The highest BCUT2D eigenvalue weighted by Crippen LogP contribution is 2.33. The molecule has 0 saturated heterocycles. The smallest absolute Gasteiger partial charge is 0.138 e. The van der Waals surface area contributed by atoms with Crippen LogP contribution in [0.1, 0.15) is 12.6 Å². The molecule has 3 rings (SSSR count). The summed E-state index contributed by atoms with van der Waals surface area (Å²) in [6.45, 7) is 3.82. The quantitative estimate of drug-likeness (QED) is 0.750. The summed E-state index contributed by atoms with van der Waals surface area (Å²) in [5.74, 6) is 0. The second kappa shape index (κ2) is 6.60. The van der Waals surface area contributed by atoms with E-state index in [0.717, 1.165) is 39.0 Å². The number of pyridine rings is 2. The lowest BCUT2D eigenvalue weighted by atomic mass is 10.4. The van der Waals surface area contributed by atoms with Gasteiger partial charge in [-0.05, 0) is 58.5 Å². The number of hydrogen-bond donors (Lipinski definition) is 1. The van der Waals surface area contributed by atoms with Gasteiger partial charge in [-0.3, -0.25) is 0 Å². The van der Waals surface area contributed by atoms with E-state index in [1.165, 1.54) is 0 Å². The van der Waals surface area contributed by atoms with Crippen LogP contribution in [0.3, 0.4) is 0 Å². The maximum absolute atomic E-state index is 4.73. The zero-order chi connectivity index (χ0) is 14.7. The molecule has 3 aromatic rings. The van der Waals surface area contributed by atoms with E-state index < -0.39 is 0 Å². The summed E-state index contributed by atoms with van der Waals surface area (Å²) >= 11 is 5.13. The molecule has 0 bridgehead atoms. The van der Waals surface area contributed by atoms with Gasteiger partial charge in [0, 0.05) is 18.9 Å². The van der Waals surface area contributed by atoms with Crippen LogP contribution in [0.25, 0.3) is 5.65 Å². The van der Waals surface area contributed by atoms with Crippen molar-refractivity contribution in [3.8, 4) is 0 Å². The number of halogens is 1. The number of nitrogens with one attached hydrogen (secondary N) is 1. The number of hydrogen-bond acceptors (Lipinski definition) is 4. The molecule has 108 valence electrons. The van der Waals surface area contributed by atoms with Crippen molar-refractivity contribution in [2.75, 3.05) is 6.54 Å². The van der Waals surface area contributed by atoms with Crippen molar-refractivity contribution in [2.24, 2.45) is 0 Å². The minimum Gasteiger partial charge on any atom is -0.311 e. The maximum Gasteiger partial charge on any atom is 0.138 e. The lowest BCUT2D eigenvalue weighted by Gasteiger charge is -2.06. The Morgan fingerprint density at radius 1 is 1.24 bits per heavy atom. The molecule has 0 aromatic carbocycles. The average molecular weight is 363 g/mol. The van der Waals surface area contributed by atoms with Crippen LogP contribution in [0.4, 0.5) is 0 Å². The van der Waals surface area contributed by atoms with Crippen LogP contribution in [0.2, 0.25) is 0 Å². The van der Waals surface area contributed by atoms with Gasteiger partial charge in [0.15, 0.2) is 0 Å². The normalized spacial score (nSPS) is 11.1. The average Bonchev–Trinajstić information content (AvgIpc) is 2.85. The number of aromatic nitrogens is 3. The van der Waals surface area contributed by atoms with Gasteiger partial charge in [0.25, 0.3) is 0 Å². The highest BCUT2D eigenvalue weighted by atomic mass is 79.9. The first kappa shape index (κ1) is 14.6. The van der Waals surface area contributed by atoms with E-state index in [1.54, 1.807) is 18.0 Å². The van der Waals surface area contributed by atoms with Crippen molar-refractivity contribution >= 4 is 33.3 Å². The van der Waals surface area contributed by atoms with Crippen molar-refractivity contribution in [1.82, 2.24) is 19.7 Å². The summed E-state index contributed by atoms with van der Waals surface area (Å²) in [6.07, 6.45) is 3.85. The monoisotopic (exact) mass is 362 g/mol. The zero-order valence-electron chi connectivity index (χ0n) is 11.6.